The van der Waals surface area contributed by atoms with Gasteiger partial charge in [0.2, 0.25) is 0 Å². The van der Waals surface area contributed by atoms with Gasteiger partial charge in [-0.25, -0.2) is 0 Å². The number of thiophene rings is 1. The van der Waals surface area contributed by atoms with Crippen LogP contribution in [-0.2, 0) is 0 Å². The molecule has 0 saturated carbocycles. The quantitative estimate of drug-likeness (QED) is 0.169. The Hall–Kier alpha value is -6.48. The molecule has 0 aliphatic rings. The van der Waals surface area contributed by atoms with E-state index in [9.17, 15) is 0 Å². The summed E-state index contributed by atoms with van der Waals surface area (Å²) < 4.78 is 2.61. The van der Waals surface area contributed by atoms with Gasteiger partial charge in [0.15, 0.2) is 0 Å². The minimum Gasteiger partial charge on any atom is -0.310 e. The van der Waals surface area contributed by atoms with Crippen LogP contribution in [0.5, 0.6) is 0 Å². The molecule has 244 valence electrons. The van der Waals surface area contributed by atoms with E-state index in [1.54, 1.807) is 0 Å². The molecule has 0 saturated heterocycles. The Morgan fingerprint density at radius 1 is 0.269 bits per heavy atom. The molecule has 1 heterocycles. The number of rotatable bonds is 6. The van der Waals surface area contributed by atoms with Crippen LogP contribution in [0.3, 0.4) is 0 Å². The summed E-state index contributed by atoms with van der Waals surface area (Å²) in [5.41, 5.74) is 10.7. The van der Waals surface area contributed by atoms with Crippen molar-refractivity contribution < 1.29 is 0 Å². The SMILES string of the molecule is c1ccc(-c2cccc(N(c3ccc4cc(-c5ccc(-c6ccc7ccccc7c6)cc5)ccc4c3)c3ccc4c(c3)sc3ccccc34)c2)cc1. The van der Waals surface area contributed by atoms with Gasteiger partial charge in [0.1, 0.15) is 0 Å². The minimum absolute atomic E-state index is 1.13. The Labute approximate surface area is 307 Å². The van der Waals surface area contributed by atoms with Crippen molar-refractivity contribution in [2.24, 2.45) is 0 Å². The monoisotopic (exact) mass is 679 g/mol. The van der Waals surface area contributed by atoms with Gasteiger partial charge in [0.05, 0.1) is 0 Å². The van der Waals surface area contributed by atoms with E-state index in [0.29, 0.717) is 0 Å². The number of hydrogen-bond acceptors (Lipinski definition) is 2. The van der Waals surface area contributed by atoms with E-state index in [1.165, 1.54) is 75.1 Å². The van der Waals surface area contributed by atoms with E-state index in [4.69, 9.17) is 0 Å². The Morgan fingerprint density at radius 2 is 0.769 bits per heavy atom. The van der Waals surface area contributed by atoms with E-state index >= 15 is 0 Å². The molecule has 0 amide bonds. The first-order valence-corrected chi connectivity index (χ1v) is 18.6. The van der Waals surface area contributed by atoms with Crippen molar-refractivity contribution in [3.8, 4) is 33.4 Å². The van der Waals surface area contributed by atoms with Crippen LogP contribution in [0.1, 0.15) is 0 Å². The highest BCUT2D eigenvalue weighted by atomic mass is 32.1. The van der Waals surface area contributed by atoms with Gasteiger partial charge in [-0.15, -0.1) is 11.3 Å². The second kappa shape index (κ2) is 12.7. The molecule has 0 aliphatic heterocycles. The second-order valence-corrected chi connectivity index (χ2v) is 14.5. The smallest absolute Gasteiger partial charge is 0.0476 e. The number of benzene rings is 9. The zero-order valence-electron chi connectivity index (χ0n) is 28.4. The van der Waals surface area contributed by atoms with Gasteiger partial charge in [-0.3, -0.25) is 0 Å². The summed E-state index contributed by atoms with van der Waals surface area (Å²) in [6, 6.07) is 73.0. The summed E-state index contributed by atoms with van der Waals surface area (Å²) in [5, 5.41) is 7.58. The van der Waals surface area contributed by atoms with Crippen LogP contribution in [0.25, 0.3) is 75.1 Å². The van der Waals surface area contributed by atoms with E-state index in [0.717, 1.165) is 17.1 Å². The van der Waals surface area contributed by atoms with Gasteiger partial charge in [-0.2, -0.15) is 0 Å². The normalized spacial score (nSPS) is 11.5. The zero-order valence-corrected chi connectivity index (χ0v) is 29.2. The molecular weight excluding hydrogens is 647 g/mol. The van der Waals surface area contributed by atoms with Crippen molar-refractivity contribution in [2.45, 2.75) is 0 Å². The zero-order chi connectivity index (χ0) is 34.4. The van der Waals surface area contributed by atoms with Crippen LogP contribution in [0.15, 0.2) is 200 Å². The molecule has 0 atom stereocenters. The number of anilines is 3. The Balaban J connectivity index is 1.03. The first-order valence-electron chi connectivity index (χ1n) is 17.7. The molecule has 0 bridgehead atoms. The van der Waals surface area contributed by atoms with Crippen LogP contribution >= 0.6 is 11.3 Å². The maximum absolute atomic E-state index is 2.40. The molecule has 52 heavy (non-hydrogen) atoms. The van der Waals surface area contributed by atoms with Gasteiger partial charge in [-0.05, 0) is 110 Å². The van der Waals surface area contributed by atoms with Gasteiger partial charge in [0, 0.05) is 37.2 Å². The largest absolute Gasteiger partial charge is 0.310 e. The third kappa shape index (κ3) is 5.51. The average Bonchev–Trinajstić information content (AvgIpc) is 3.59. The fraction of sp³-hybridized carbons (Fsp3) is 0. The Kier molecular flexibility index (Phi) is 7.41. The van der Waals surface area contributed by atoms with Crippen molar-refractivity contribution >= 4 is 70.1 Å². The Morgan fingerprint density at radius 3 is 1.58 bits per heavy atom. The van der Waals surface area contributed by atoms with Crippen LogP contribution < -0.4 is 4.90 Å². The predicted octanol–water partition coefficient (Wildman–Crippen LogP) is 14.8. The summed E-state index contributed by atoms with van der Waals surface area (Å²) in [7, 11) is 0. The third-order valence-corrected chi connectivity index (χ3v) is 11.3. The van der Waals surface area contributed by atoms with Crippen molar-refractivity contribution in [3.63, 3.8) is 0 Å². The molecule has 0 aliphatic carbocycles. The standard InChI is InChI=1S/C50H33NS/c1-2-9-34(10-3-1)39-13-8-14-44(31-39)51(46-27-28-48-47-15-6-7-16-49(47)52-50(48)33-46)45-26-25-42-30-41(23-24-43(42)32-45)37-19-17-36(18-20-37)40-22-21-35-11-4-5-12-38(35)29-40/h1-33H. The summed E-state index contributed by atoms with van der Waals surface area (Å²) in [6.45, 7) is 0. The topological polar surface area (TPSA) is 3.24 Å². The fourth-order valence-electron chi connectivity index (χ4n) is 7.53. The summed E-state index contributed by atoms with van der Waals surface area (Å²) >= 11 is 1.86. The number of nitrogens with zero attached hydrogens (tertiary/aromatic N) is 1. The van der Waals surface area contributed by atoms with Crippen molar-refractivity contribution in [1.82, 2.24) is 0 Å². The number of fused-ring (bicyclic) bond motifs is 5. The average molecular weight is 680 g/mol. The van der Waals surface area contributed by atoms with Crippen molar-refractivity contribution in [3.05, 3.63) is 200 Å². The maximum atomic E-state index is 2.40. The molecule has 1 nitrogen and oxygen atoms in total. The molecule has 0 spiro atoms. The van der Waals surface area contributed by atoms with E-state index in [1.807, 2.05) is 11.3 Å². The molecule has 10 rings (SSSR count). The van der Waals surface area contributed by atoms with Crippen LogP contribution in [0, 0.1) is 0 Å². The van der Waals surface area contributed by atoms with Crippen LogP contribution in [0.2, 0.25) is 0 Å². The number of hydrogen-bond donors (Lipinski definition) is 0. The molecule has 0 radical (unpaired) electrons. The highest BCUT2D eigenvalue weighted by Crippen LogP contribution is 2.42. The summed E-state index contributed by atoms with van der Waals surface area (Å²) in [6.07, 6.45) is 0. The van der Waals surface area contributed by atoms with Gasteiger partial charge < -0.3 is 4.90 Å². The van der Waals surface area contributed by atoms with E-state index in [2.05, 4.69) is 205 Å². The first kappa shape index (κ1) is 30.4. The lowest BCUT2D eigenvalue weighted by Gasteiger charge is -2.26. The lowest BCUT2D eigenvalue weighted by molar-refractivity contribution is 1.30. The Bertz CT molecular complexity index is 2900. The molecule has 1 aromatic heterocycles. The predicted molar refractivity (Wildman–Crippen MR) is 225 cm³/mol. The van der Waals surface area contributed by atoms with Crippen molar-refractivity contribution in [2.75, 3.05) is 4.90 Å². The highest BCUT2D eigenvalue weighted by Gasteiger charge is 2.16. The first-order chi connectivity index (χ1) is 25.7. The molecule has 10 aromatic rings. The molecule has 0 N–H and O–H groups in total. The van der Waals surface area contributed by atoms with Crippen LogP contribution in [0.4, 0.5) is 17.1 Å². The van der Waals surface area contributed by atoms with E-state index < -0.39 is 0 Å². The van der Waals surface area contributed by atoms with Crippen molar-refractivity contribution in [1.29, 1.82) is 0 Å². The highest BCUT2D eigenvalue weighted by molar-refractivity contribution is 7.25. The van der Waals surface area contributed by atoms with Gasteiger partial charge in [0.25, 0.3) is 0 Å². The minimum atomic E-state index is 1.13. The molecule has 2 heteroatoms. The molecule has 9 aromatic carbocycles. The molecule has 0 unspecified atom stereocenters. The maximum Gasteiger partial charge on any atom is 0.0476 e. The molecule has 0 fully saturated rings. The van der Waals surface area contributed by atoms with Gasteiger partial charge in [-0.1, -0.05) is 146 Å². The fourth-order valence-corrected chi connectivity index (χ4v) is 8.67. The second-order valence-electron chi connectivity index (χ2n) is 13.4. The molecular formula is C50H33NS. The lowest BCUT2D eigenvalue weighted by atomic mass is 9.97. The van der Waals surface area contributed by atoms with Gasteiger partial charge >= 0.3 is 0 Å². The lowest BCUT2D eigenvalue weighted by Crippen LogP contribution is -2.10. The third-order valence-electron chi connectivity index (χ3n) is 10.2. The van der Waals surface area contributed by atoms with Crippen LogP contribution in [-0.4, -0.2) is 0 Å². The van der Waals surface area contributed by atoms with E-state index in [-0.39, 0.29) is 0 Å². The summed E-state index contributed by atoms with van der Waals surface area (Å²) in [5.74, 6) is 0. The summed E-state index contributed by atoms with van der Waals surface area (Å²) in [4.78, 5) is 2.40.